The van der Waals surface area contributed by atoms with Crippen LogP contribution in [0.5, 0.6) is 0 Å². The number of aldehydes is 1. The summed E-state index contributed by atoms with van der Waals surface area (Å²) in [5.74, 6) is -1.38. The zero-order valence-corrected chi connectivity index (χ0v) is 23.0. The van der Waals surface area contributed by atoms with E-state index in [9.17, 15) is 19.2 Å². The number of alkyl carbamates (subject to hydrolysis) is 1. The fourth-order valence-corrected chi connectivity index (χ4v) is 3.91. The quantitative estimate of drug-likeness (QED) is 0.0912. The van der Waals surface area contributed by atoms with E-state index < -0.39 is 36.0 Å². The molecule has 3 amide bonds. The maximum Gasteiger partial charge on any atom is 0.408 e. The van der Waals surface area contributed by atoms with Crippen molar-refractivity contribution in [2.24, 2.45) is 22.4 Å². The molecule has 0 aliphatic heterocycles. The third-order valence-corrected chi connectivity index (χ3v) is 6.35. The number of hydrogen-bond donors (Lipinski definition) is 5. The fourth-order valence-electron chi connectivity index (χ4n) is 3.91. The molecule has 0 aromatic heterocycles. The van der Waals surface area contributed by atoms with Crippen molar-refractivity contribution in [2.75, 3.05) is 6.54 Å². The predicted molar refractivity (Wildman–Crippen MR) is 153 cm³/mol. The number of guanidine groups is 1. The van der Waals surface area contributed by atoms with Crippen LogP contribution in [0.1, 0.15) is 44.2 Å². The van der Waals surface area contributed by atoms with Gasteiger partial charge in [0.1, 0.15) is 25.0 Å². The average molecular weight is 553 g/mol. The lowest BCUT2D eigenvalue weighted by atomic mass is 9.96. The smallest absolute Gasteiger partial charge is 0.408 e. The van der Waals surface area contributed by atoms with Crippen LogP contribution < -0.4 is 27.4 Å². The number of benzene rings is 2. The van der Waals surface area contributed by atoms with E-state index >= 15 is 0 Å². The predicted octanol–water partition coefficient (Wildman–Crippen LogP) is 1.79. The van der Waals surface area contributed by atoms with Crippen molar-refractivity contribution in [3.8, 4) is 0 Å². The van der Waals surface area contributed by atoms with Gasteiger partial charge in [0.2, 0.25) is 11.8 Å². The van der Waals surface area contributed by atoms with E-state index in [1.54, 1.807) is 0 Å². The fraction of sp³-hybridized carbons (Fsp3) is 0.414. The molecule has 2 aromatic carbocycles. The number of amides is 3. The van der Waals surface area contributed by atoms with E-state index in [1.807, 2.05) is 74.5 Å². The second-order valence-electron chi connectivity index (χ2n) is 9.52. The first-order valence-electron chi connectivity index (χ1n) is 13.4. The molecule has 2 rings (SSSR count). The molecule has 11 nitrogen and oxygen atoms in total. The molecule has 0 bridgehead atoms. The summed E-state index contributed by atoms with van der Waals surface area (Å²) in [7, 11) is 0. The van der Waals surface area contributed by atoms with Gasteiger partial charge in [0.25, 0.3) is 0 Å². The monoisotopic (exact) mass is 552 g/mol. The molecule has 216 valence electrons. The Bertz CT molecular complexity index is 1110. The van der Waals surface area contributed by atoms with E-state index in [2.05, 4.69) is 20.9 Å². The standard InChI is InChI=1S/C29H40N6O5/c1-3-20(2)25(27(38)33-23(18-36)17-21-11-6-4-7-12-21)35-26(37)24(15-10-16-32-28(30)31)34-29(39)40-19-22-13-8-5-9-14-22/h4-9,11-14,18,20,23-25H,3,10,15-17,19H2,1-2H3,(H,33,38)(H,34,39)(H,35,37)(H4,30,31,32)/t20-,23-,24-,25-/m0/s1. The summed E-state index contributed by atoms with van der Waals surface area (Å²) in [6.45, 7) is 4.00. The molecule has 2 aromatic rings. The lowest BCUT2D eigenvalue weighted by Crippen LogP contribution is -2.57. The highest BCUT2D eigenvalue weighted by Crippen LogP contribution is 2.11. The minimum Gasteiger partial charge on any atom is -0.445 e. The van der Waals surface area contributed by atoms with Crippen LogP contribution in [0.15, 0.2) is 65.7 Å². The summed E-state index contributed by atoms with van der Waals surface area (Å²) in [5.41, 5.74) is 12.4. The molecule has 0 saturated carbocycles. The lowest BCUT2D eigenvalue weighted by Gasteiger charge is -2.27. The highest BCUT2D eigenvalue weighted by atomic mass is 16.5. The maximum absolute atomic E-state index is 13.3. The van der Waals surface area contributed by atoms with Gasteiger partial charge in [0.15, 0.2) is 5.96 Å². The molecule has 11 heteroatoms. The van der Waals surface area contributed by atoms with Crippen LogP contribution in [-0.4, -0.2) is 54.8 Å². The number of hydrogen-bond acceptors (Lipinski definition) is 6. The first-order valence-corrected chi connectivity index (χ1v) is 13.4. The Morgan fingerprint density at radius 2 is 1.55 bits per heavy atom. The summed E-state index contributed by atoms with van der Waals surface area (Å²) in [5, 5.41) is 8.10. The maximum atomic E-state index is 13.3. The van der Waals surface area contributed by atoms with Gasteiger partial charge in [0.05, 0.1) is 6.04 Å². The summed E-state index contributed by atoms with van der Waals surface area (Å²) >= 11 is 0. The van der Waals surface area contributed by atoms with Crippen LogP contribution in [0.2, 0.25) is 0 Å². The highest BCUT2D eigenvalue weighted by molar-refractivity contribution is 5.92. The molecule has 0 fully saturated rings. The molecule has 0 saturated heterocycles. The summed E-state index contributed by atoms with van der Waals surface area (Å²) in [6, 6.07) is 15.7. The van der Waals surface area contributed by atoms with Crippen LogP contribution in [0.25, 0.3) is 0 Å². The molecule has 0 radical (unpaired) electrons. The number of nitrogens with one attached hydrogen (secondary N) is 3. The van der Waals surface area contributed by atoms with Crippen LogP contribution >= 0.6 is 0 Å². The molecule has 0 aliphatic rings. The molecule has 0 unspecified atom stereocenters. The second-order valence-corrected chi connectivity index (χ2v) is 9.52. The Kier molecular flexibility index (Phi) is 13.7. The molecular formula is C29H40N6O5. The molecule has 0 aliphatic carbocycles. The number of nitrogens with two attached hydrogens (primary N) is 2. The molecular weight excluding hydrogens is 512 g/mol. The van der Waals surface area contributed by atoms with Gasteiger partial charge in [-0.05, 0) is 36.3 Å². The van der Waals surface area contributed by atoms with Gasteiger partial charge in [-0.3, -0.25) is 14.6 Å². The Labute approximate surface area is 235 Å². The Balaban J connectivity index is 2.09. The van der Waals surface area contributed by atoms with E-state index in [-0.39, 0.29) is 31.4 Å². The normalized spacial score (nSPS) is 13.6. The number of aliphatic imine (C=N–C) groups is 1. The van der Waals surface area contributed by atoms with Crippen molar-refractivity contribution in [3.63, 3.8) is 0 Å². The van der Waals surface area contributed by atoms with Gasteiger partial charge in [-0.1, -0.05) is 80.9 Å². The van der Waals surface area contributed by atoms with E-state index in [4.69, 9.17) is 16.2 Å². The largest absolute Gasteiger partial charge is 0.445 e. The van der Waals surface area contributed by atoms with Gasteiger partial charge in [-0.15, -0.1) is 0 Å². The third kappa shape index (κ3) is 11.5. The molecule has 7 N–H and O–H groups in total. The Morgan fingerprint density at radius 1 is 0.925 bits per heavy atom. The highest BCUT2D eigenvalue weighted by Gasteiger charge is 2.31. The van der Waals surface area contributed by atoms with Gasteiger partial charge >= 0.3 is 6.09 Å². The molecule has 4 atom stereocenters. The Hall–Kier alpha value is -4.41. The Morgan fingerprint density at radius 3 is 2.12 bits per heavy atom. The molecule has 0 heterocycles. The lowest BCUT2D eigenvalue weighted by molar-refractivity contribution is -0.132. The van der Waals surface area contributed by atoms with Crippen molar-refractivity contribution < 1.29 is 23.9 Å². The summed E-state index contributed by atoms with van der Waals surface area (Å²) in [6.07, 6.45) is 1.39. The summed E-state index contributed by atoms with van der Waals surface area (Å²) < 4.78 is 5.28. The van der Waals surface area contributed by atoms with E-state index in [1.165, 1.54) is 0 Å². The van der Waals surface area contributed by atoms with Crippen LogP contribution in [0.3, 0.4) is 0 Å². The minimum absolute atomic E-state index is 0.0292. The van der Waals surface area contributed by atoms with Gasteiger partial charge < -0.3 is 36.9 Å². The van der Waals surface area contributed by atoms with Crippen molar-refractivity contribution in [3.05, 3.63) is 71.8 Å². The van der Waals surface area contributed by atoms with E-state index in [0.717, 1.165) is 11.1 Å². The van der Waals surface area contributed by atoms with Crippen LogP contribution in [0, 0.1) is 5.92 Å². The first kappa shape index (κ1) is 31.8. The molecule has 0 spiro atoms. The number of ether oxygens (including phenoxy) is 1. The number of nitrogens with zero attached hydrogens (tertiary/aromatic N) is 1. The van der Waals surface area contributed by atoms with Crippen molar-refractivity contribution in [1.29, 1.82) is 0 Å². The number of carbonyl (C=O) groups excluding carboxylic acids is 4. The SMILES string of the molecule is CC[C@H](C)[C@H](NC(=O)[C@H](CCCN=C(N)N)NC(=O)OCc1ccccc1)C(=O)N[C@H](C=O)Cc1ccccc1. The van der Waals surface area contributed by atoms with Crippen LogP contribution in [-0.2, 0) is 32.1 Å². The zero-order valence-electron chi connectivity index (χ0n) is 23.0. The average Bonchev–Trinajstić information content (AvgIpc) is 2.96. The first-order chi connectivity index (χ1) is 19.2. The second kappa shape index (κ2) is 17.2. The topological polar surface area (TPSA) is 178 Å². The van der Waals surface area contributed by atoms with Crippen LogP contribution in [0.4, 0.5) is 4.79 Å². The minimum atomic E-state index is -1.01. The zero-order chi connectivity index (χ0) is 29.3. The van der Waals surface area contributed by atoms with Crippen molar-refractivity contribution in [2.45, 2.75) is 64.3 Å². The van der Waals surface area contributed by atoms with Crippen molar-refractivity contribution in [1.82, 2.24) is 16.0 Å². The summed E-state index contributed by atoms with van der Waals surface area (Å²) in [4.78, 5) is 54.8. The van der Waals surface area contributed by atoms with Crippen molar-refractivity contribution >= 4 is 30.2 Å². The molecule has 40 heavy (non-hydrogen) atoms. The number of rotatable bonds is 16. The number of carbonyl (C=O) groups is 4. The van der Waals surface area contributed by atoms with Gasteiger partial charge in [-0.2, -0.15) is 0 Å². The van der Waals surface area contributed by atoms with Gasteiger partial charge in [-0.25, -0.2) is 4.79 Å². The van der Waals surface area contributed by atoms with E-state index in [0.29, 0.717) is 25.5 Å². The third-order valence-electron chi connectivity index (χ3n) is 6.35. The van der Waals surface area contributed by atoms with Gasteiger partial charge in [0, 0.05) is 6.54 Å².